The maximum Gasteiger partial charge on any atom is 0.338 e. The highest BCUT2D eigenvalue weighted by Gasteiger charge is 2.34. The number of aromatic nitrogens is 1. The molecule has 2 aromatic carbocycles. The lowest BCUT2D eigenvalue weighted by Crippen LogP contribution is -2.40. The van der Waals surface area contributed by atoms with Gasteiger partial charge >= 0.3 is 5.97 Å². The Labute approximate surface area is 230 Å². The van der Waals surface area contributed by atoms with Crippen molar-refractivity contribution in [2.24, 2.45) is 4.99 Å². The van der Waals surface area contributed by atoms with Crippen LogP contribution in [0.1, 0.15) is 37.9 Å². The number of benzene rings is 2. The fraction of sp³-hybridized carbons (Fsp3) is 0.269. The zero-order chi connectivity index (χ0) is 26.9. The molecule has 0 saturated carbocycles. The number of fused-ring (bicyclic) bond motifs is 1. The molecule has 11 heteroatoms. The summed E-state index contributed by atoms with van der Waals surface area (Å²) in [5.74, 6) is 0.301. The first kappa shape index (κ1) is 27.0. The average molecular weight is 608 g/mol. The summed E-state index contributed by atoms with van der Waals surface area (Å²) >= 11 is 10.6. The Balaban J connectivity index is 1.99. The summed E-state index contributed by atoms with van der Waals surface area (Å²) in [6.45, 7) is 5.85. The molecule has 2 heterocycles. The standard InChI is InChI=1S/C26H24BrClN2O6S/c1-5-35-19-10-14(7-8-18(19)34-4)22-21(25(33)36-6-2)13(3)29-26-30(22)24(32)20(37-26)11-15-9-16(27)12-17(28)23(15)31/h7-12,22,31H,5-6H2,1-4H3/b20-11-/t22-/m0/s1. The molecule has 1 aromatic heterocycles. The molecule has 0 bridgehead atoms. The first-order valence-electron chi connectivity index (χ1n) is 11.4. The van der Waals surface area contributed by atoms with Crippen LogP contribution in [0.5, 0.6) is 17.2 Å². The molecule has 37 heavy (non-hydrogen) atoms. The Morgan fingerprint density at radius 2 is 2.00 bits per heavy atom. The van der Waals surface area contributed by atoms with E-state index in [0.29, 0.717) is 48.7 Å². The second-order valence-electron chi connectivity index (χ2n) is 7.97. The number of allylic oxidation sites excluding steroid dienone is 1. The largest absolute Gasteiger partial charge is 0.506 e. The minimum atomic E-state index is -0.817. The molecule has 1 aliphatic rings. The smallest absolute Gasteiger partial charge is 0.338 e. The Bertz CT molecular complexity index is 1590. The maximum atomic E-state index is 13.8. The third-order valence-corrected chi connectivity index (χ3v) is 7.39. The van der Waals surface area contributed by atoms with E-state index in [0.717, 1.165) is 11.3 Å². The van der Waals surface area contributed by atoms with Gasteiger partial charge in [0.1, 0.15) is 5.75 Å². The summed E-state index contributed by atoms with van der Waals surface area (Å²) in [6.07, 6.45) is 1.55. The van der Waals surface area contributed by atoms with Crippen molar-refractivity contribution in [1.29, 1.82) is 0 Å². The monoisotopic (exact) mass is 606 g/mol. The van der Waals surface area contributed by atoms with Crippen LogP contribution in [0.4, 0.5) is 0 Å². The lowest BCUT2D eigenvalue weighted by Gasteiger charge is -2.25. The number of thiazole rings is 1. The van der Waals surface area contributed by atoms with Crippen LogP contribution in [-0.4, -0.2) is 36.0 Å². The van der Waals surface area contributed by atoms with Gasteiger partial charge in [0.05, 0.1) is 47.2 Å². The fourth-order valence-corrected chi connectivity index (χ4v) is 5.95. The topological polar surface area (TPSA) is 99.4 Å². The van der Waals surface area contributed by atoms with Crippen molar-refractivity contribution in [1.82, 2.24) is 4.57 Å². The summed E-state index contributed by atoms with van der Waals surface area (Å²) in [5.41, 5.74) is 1.31. The molecule has 0 amide bonds. The number of nitrogens with zero attached hydrogens (tertiary/aromatic N) is 2. The number of esters is 1. The third kappa shape index (κ3) is 5.18. The number of aromatic hydroxyl groups is 1. The van der Waals surface area contributed by atoms with E-state index in [2.05, 4.69) is 20.9 Å². The number of phenolic OH excluding ortho intramolecular Hbond substituents is 1. The molecule has 0 unspecified atom stereocenters. The Morgan fingerprint density at radius 3 is 2.68 bits per heavy atom. The molecule has 1 N–H and O–H groups in total. The van der Waals surface area contributed by atoms with Crippen molar-refractivity contribution in [3.63, 3.8) is 0 Å². The van der Waals surface area contributed by atoms with Crippen LogP contribution in [0.2, 0.25) is 5.02 Å². The van der Waals surface area contributed by atoms with Gasteiger partial charge in [0.15, 0.2) is 16.3 Å². The zero-order valence-corrected chi connectivity index (χ0v) is 23.7. The van der Waals surface area contributed by atoms with Crippen molar-refractivity contribution < 1.29 is 24.1 Å². The van der Waals surface area contributed by atoms with Gasteiger partial charge in [0, 0.05) is 10.0 Å². The Morgan fingerprint density at radius 1 is 1.24 bits per heavy atom. The predicted molar refractivity (Wildman–Crippen MR) is 145 cm³/mol. The van der Waals surface area contributed by atoms with Crippen LogP contribution >= 0.6 is 38.9 Å². The third-order valence-electron chi connectivity index (χ3n) is 5.66. The van der Waals surface area contributed by atoms with E-state index in [1.54, 1.807) is 50.3 Å². The fourth-order valence-electron chi connectivity index (χ4n) is 4.08. The van der Waals surface area contributed by atoms with Gasteiger partial charge in [-0.05, 0) is 56.7 Å². The van der Waals surface area contributed by atoms with E-state index in [-0.39, 0.29) is 28.5 Å². The van der Waals surface area contributed by atoms with Gasteiger partial charge in [0.25, 0.3) is 5.56 Å². The van der Waals surface area contributed by atoms with E-state index in [4.69, 9.17) is 25.8 Å². The molecule has 0 aliphatic carbocycles. The van der Waals surface area contributed by atoms with Crippen LogP contribution in [0.25, 0.3) is 6.08 Å². The number of ether oxygens (including phenoxy) is 3. The highest BCUT2D eigenvalue weighted by Crippen LogP contribution is 2.36. The van der Waals surface area contributed by atoms with E-state index in [1.807, 2.05) is 6.92 Å². The summed E-state index contributed by atoms with van der Waals surface area (Å²) in [6, 6.07) is 7.66. The molecule has 8 nitrogen and oxygen atoms in total. The van der Waals surface area contributed by atoms with Gasteiger partial charge in [-0.1, -0.05) is 44.9 Å². The van der Waals surface area contributed by atoms with Crippen molar-refractivity contribution in [3.05, 3.63) is 81.9 Å². The predicted octanol–water partition coefficient (Wildman–Crippen LogP) is 4.33. The average Bonchev–Trinajstić information content (AvgIpc) is 3.15. The van der Waals surface area contributed by atoms with Crippen molar-refractivity contribution in [2.45, 2.75) is 26.8 Å². The zero-order valence-electron chi connectivity index (χ0n) is 20.5. The van der Waals surface area contributed by atoms with Crippen LogP contribution in [0.15, 0.2) is 55.9 Å². The molecule has 0 spiro atoms. The van der Waals surface area contributed by atoms with Crippen molar-refractivity contribution in [2.75, 3.05) is 20.3 Å². The van der Waals surface area contributed by atoms with Crippen LogP contribution in [0.3, 0.4) is 0 Å². The highest BCUT2D eigenvalue weighted by molar-refractivity contribution is 9.10. The number of rotatable bonds is 7. The van der Waals surface area contributed by atoms with Crippen LogP contribution < -0.4 is 24.4 Å². The maximum absolute atomic E-state index is 13.8. The summed E-state index contributed by atoms with van der Waals surface area (Å²) in [7, 11) is 1.54. The van der Waals surface area contributed by atoms with Crippen molar-refractivity contribution in [3.8, 4) is 17.2 Å². The lowest BCUT2D eigenvalue weighted by molar-refractivity contribution is -0.139. The van der Waals surface area contributed by atoms with Crippen LogP contribution in [-0.2, 0) is 9.53 Å². The van der Waals surface area contributed by atoms with E-state index in [1.165, 1.54) is 11.7 Å². The van der Waals surface area contributed by atoms with Gasteiger partial charge in [0.2, 0.25) is 0 Å². The van der Waals surface area contributed by atoms with Gasteiger partial charge in [-0.3, -0.25) is 9.36 Å². The number of hydrogen-bond donors (Lipinski definition) is 1. The van der Waals surface area contributed by atoms with E-state index >= 15 is 0 Å². The van der Waals surface area contributed by atoms with Gasteiger partial charge < -0.3 is 19.3 Å². The molecule has 4 rings (SSSR count). The second kappa shape index (κ2) is 11.1. The number of halogens is 2. The molecule has 0 saturated heterocycles. The second-order valence-corrected chi connectivity index (χ2v) is 10.3. The minimum Gasteiger partial charge on any atom is -0.506 e. The Hall–Kier alpha value is -3.08. The molecule has 1 atom stereocenters. The number of phenols is 1. The molecule has 0 fully saturated rings. The lowest BCUT2D eigenvalue weighted by atomic mass is 9.95. The number of hydrogen-bond acceptors (Lipinski definition) is 8. The van der Waals surface area contributed by atoms with Crippen molar-refractivity contribution >= 4 is 50.9 Å². The first-order chi connectivity index (χ1) is 17.7. The summed E-state index contributed by atoms with van der Waals surface area (Å²) < 4.78 is 18.9. The minimum absolute atomic E-state index is 0.146. The quantitative estimate of drug-likeness (QED) is 0.402. The number of carbonyl (C=O) groups excluding carboxylic acids is 1. The molecule has 194 valence electrons. The molecule has 1 aliphatic heterocycles. The number of carbonyl (C=O) groups is 1. The highest BCUT2D eigenvalue weighted by atomic mass is 79.9. The van der Waals surface area contributed by atoms with Gasteiger partial charge in [-0.15, -0.1) is 0 Å². The normalized spacial score (nSPS) is 15.3. The first-order valence-corrected chi connectivity index (χ1v) is 13.4. The number of methoxy groups -OCH3 is 1. The summed E-state index contributed by atoms with van der Waals surface area (Å²) in [5, 5.41) is 10.6. The van der Waals surface area contributed by atoms with Crippen LogP contribution in [0, 0.1) is 0 Å². The van der Waals surface area contributed by atoms with E-state index in [9.17, 15) is 14.7 Å². The molecular formula is C26H24BrClN2O6S. The SMILES string of the molecule is CCOC(=O)C1=C(C)N=c2s/c(=C\c3cc(Br)cc(Cl)c3O)c(=O)n2[C@H]1c1ccc(OC)c(OCC)c1. The molecular weight excluding hydrogens is 584 g/mol. The van der Waals surface area contributed by atoms with Gasteiger partial charge in [-0.2, -0.15) is 0 Å². The van der Waals surface area contributed by atoms with Gasteiger partial charge in [-0.25, -0.2) is 9.79 Å². The Kier molecular flexibility index (Phi) is 8.11. The molecule has 3 aromatic rings. The molecule has 0 radical (unpaired) electrons. The van der Waals surface area contributed by atoms with E-state index < -0.39 is 12.0 Å². The summed E-state index contributed by atoms with van der Waals surface area (Å²) in [4.78, 5) is 31.8.